The highest BCUT2D eigenvalue weighted by molar-refractivity contribution is 7.99. The SMILES string of the molecule is CCNC(=O)[C@H](C)NC(=O)CSc1nnc(-c2ccc3c(c2)OCO3)o1. The van der Waals surface area contributed by atoms with Gasteiger partial charge in [-0.2, -0.15) is 0 Å². The Bertz CT molecular complexity index is 810. The van der Waals surface area contributed by atoms with E-state index < -0.39 is 6.04 Å². The van der Waals surface area contributed by atoms with E-state index in [1.165, 1.54) is 0 Å². The van der Waals surface area contributed by atoms with Crippen molar-refractivity contribution in [2.45, 2.75) is 25.1 Å². The molecule has 0 radical (unpaired) electrons. The number of fused-ring (bicyclic) bond motifs is 1. The normalized spacial score (nSPS) is 13.3. The van der Waals surface area contributed by atoms with E-state index in [1.807, 2.05) is 6.92 Å². The van der Waals surface area contributed by atoms with E-state index in [4.69, 9.17) is 13.9 Å². The fourth-order valence-corrected chi connectivity index (χ4v) is 2.79. The van der Waals surface area contributed by atoms with E-state index in [0.717, 1.165) is 11.8 Å². The van der Waals surface area contributed by atoms with E-state index in [1.54, 1.807) is 25.1 Å². The number of ether oxygens (including phenoxy) is 2. The van der Waals surface area contributed by atoms with E-state index in [2.05, 4.69) is 20.8 Å². The second-order valence-corrected chi connectivity index (χ2v) is 6.34. The lowest BCUT2D eigenvalue weighted by atomic mass is 10.2. The molecule has 26 heavy (non-hydrogen) atoms. The Morgan fingerprint density at radius 1 is 1.27 bits per heavy atom. The summed E-state index contributed by atoms with van der Waals surface area (Å²) in [5.41, 5.74) is 0.697. The number of benzene rings is 1. The first-order valence-electron chi connectivity index (χ1n) is 8.00. The van der Waals surface area contributed by atoms with Gasteiger partial charge in [-0.15, -0.1) is 10.2 Å². The zero-order chi connectivity index (χ0) is 18.5. The maximum Gasteiger partial charge on any atom is 0.277 e. The Hall–Kier alpha value is -2.75. The van der Waals surface area contributed by atoms with Gasteiger partial charge >= 0.3 is 0 Å². The summed E-state index contributed by atoms with van der Waals surface area (Å²) in [6.07, 6.45) is 0. The number of amides is 2. The van der Waals surface area contributed by atoms with Crippen LogP contribution in [0.25, 0.3) is 11.5 Å². The van der Waals surface area contributed by atoms with Crippen LogP contribution in [0.3, 0.4) is 0 Å². The highest BCUT2D eigenvalue weighted by Crippen LogP contribution is 2.35. The summed E-state index contributed by atoms with van der Waals surface area (Å²) in [6.45, 7) is 4.14. The van der Waals surface area contributed by atoms with Crippen LogP contribution in [0.5, 0.6) is 11.5 Å². The van der Waals surface area contributed by atoms with Crippen molar-refractivity contribution >= 4 is 23.6 Å². The average Bonchev–Trinajstić information content (AvgIpc) is 3.28. The molecule has 1 atom stereocenters. The molecular weight excluding hydrogens is 360 g/mol. The third kappa shape index (κ3) is 4.26. The number of thioether (sulfide) groups is 1. The first kappa shape index (κ1) is 18.1. The predicted octanol–water partition coefficient (Wildman–Crippen LogP) is 1.20. The van der Waals surface area contributed by atoms with Gasteiger partial charge in [0, 0.05) is 12.1 Å². The van der Waals surface area contributed by atoms with Crippen LogP contribution in [-0.2, 0) is 9.59 Å². The van der Waals surface area contributed by atoms with Gasteiger partial charge in [0.1, 0.15) is 6.04 Å². The molecule has 2 aromatic rings. The van der Waals surface area contributed by atoms with Crippen LogP contribution in [0.1, 0.15) is 13.8 Å². The van der Waals surface area contributed by atoms with Gasteiger partial charge in [-0.05, 0) is 32.0 Å². The highest BCUT2D eigenvalue weighted by atomic mass is 32.2. The number of hydrogen-bond acceptors (Lipinski definition) is 8. The van der Waals surface area contributed by atoms with Gasteiger partial charge in [-0.1, -0.05) is 11.8 Å². The van der Waals surface area contributed by atoms with Crippen molar-refractivity contribution in [2.24, 2.45) is 0 Å². The van der Waals surface area contributed by atoms with Gasteiger partial charge in [0.15, 0.2) is 11.5 Å². The van der Waals surface area contributed by atoms with E-state index >= 15 is 0 Å². The number of likely N-dealkylation sites (N-methyl/N-ethyl adjacent to an activating group) is 1. The molecule has 0 bridgehead atoms. The number of nitrogens with zero attached hydrogens (tertiary/aromatic N) is 2. The first-order chi connectivity index (χ1) is 12.6. The van der Waals surface area contributed by atoms with E-state index in [0.29, 0.717) is 29.5 Å². The summed E-state index contributed by atoms with van der Waals surface area (Å²) in [7, 11) is 0. The molecule has 3 rings (SSSR count). The molecule has 1 aromatic heterocycles. The van der Waals surface area contributed by atoms with Crippen LogP contribution in [-0.4, -0.2) is 47.1 Å². The Morgan fingerprint density at radius 2 is 2.08 bits per heavy atom. The van der Waals surface area contributed by atoms with Gasteiger partial charge in [-0.25, -0.2) is 0 Å². The summed E-state index contributed by atoms with van der Waals surface area (Å²) in [5.74, 6) is 1.15. The monoisotopic (exact) mass is 378 g/mol. The minimum absolute atomic E-state index is 0.0620. The quantitative estimate of drug-likeness (QED) is 0.691. The van der Waals surface area contributed by atoms with Crippen LogP contribution in [0.4, 0.5) is 0 Å². The van der Waals surface area contributed by atoms with Crippen molar-refractivity contribution in [3.63, 3.8) is 0 Å². The second-order valence-electron chi connectivity index (χ2n) is 5.41. The molecule has 138 valence electrons. The smallest absolute Gasteiger partial charge is 0.277 e. The molecule has 9 nitrogen and oxygen atoms in total. The fraction of sp³-hybridized carbons (Fsp3) is 0.375. The third-order valence-electron chi connectivity index (χ3n) is 3.47. The minimum Gasteiger partial charge on any atom is -0.454 e. The molecule has 10 heteroatoms. The number of carbonyl (C=O) groups is 2. The lowest BCUT2D eigenvalue weighted by Gasteiger charge is -2.12. The van der Waals surface area contributed by atoms with E-state index in [9.17, 15) is 9.59 Å². The van der Waals surface area contributed by atoms with Crippen molar-refractivity contribution in [1.82, 2.24) is 20.8 Å². The molecule has 0 saturated heterocycles. The fourth-order valence-electron chi connectivity index (χ4n) is 2.22. The predicted molar refractivity (Wildman–Crippen MR) is 92.9 cm³/mol. The van der Waals surface area contributed by atoms with Gasteiger partial charge in [-0.3, -0.25) is 9.59 Å². The summed E-state index contributed by atoms with van der Waals surface area (Å²) < 4.78 is 16.1. The standard InChI is InChI=1S/C16H18N4O5S/c1-3-17-14(22)9(2)18-13(21)7-26-16-20-19-15(25-16)10-4-5-11-12(6-10)24-8-23-11/h4-6,9H,3,7-8H2,1-2H3,(H,17,22)(H,18,21)/t9-/m0/s1. The molecule has 0 unspecified atom stereocenters. The molecule has 0 saturated carbocycles. The minimum atomic E-state index is -0.602. The molecular formula is C16H18N4O5S. The molecule has 1 aliphatic rings. The molecule has 0 spiro atoms. The third-order valence-corrected chi connectivity index (χ3v) is 4.29. The van der Waals surface area contributed by atoms with Crippen LogP contribution in [0.2, 0.25) is 0 Å². The zero-order valence-corrected chi connectivity index (χ0v) is 15.1. The Labute approximate surface area is 153 Å². The van der Waals surface area contributed by atoms with Gasteiger partial charge in [0.25, 0.3) is 5.22 Å². The summed E-state index contributed by atoms with van der Waals surface area (Å²) in [4.78, 5) is 23.5. The van der Waals surface area contributed by atoms with E-state index in [-0.39, 0.29) is 29.6 Å². The zero-order valence-electron chi connectivity index (χ0n) is 14.3. The van der Waals surface area contributed by atoms with Gasteiger partial charge in [0.05, 0.1) is 5.75 Å². The van der Waals surface area contributed by atoms with Crippen LogP contribution in [0.15, 0.2) is 27.8 Å². The molecule has 1 aliphatic heterocycles. The number of rotatable bonds is 7. The molecule has 2 heterocycles. The lowest BCUT2D eigenvalue weighted by Crippen LogP contribution is -2.45. The summed E-state index contributed by atoms with van der Waals surface area (Å²) >= 11 is 1.10. The van der Waals surface area contributed by atoms with Crippen LogP contribution < -0.4 is 20.1 Å². The number of aromatic nitrogens is 2. The van der Waals surface area contributed by atoms with Crippen LogP contribution >= 0.6 is 11.8 Å². The second kappa shape index (κ2) is 8.09. The van der Waals surface area contributed by atoms with Gasteiger partial charge in [0.2, 0.25) is 24.5 Å². The van der Waals surface area contributed by atoms with Crippen molar-refractivity contribution in [3.05, 3.63) is 18.2 Å². The topological polar surface area (TPSA) is 116 Å². The Kier molecular flexibility index (Phi) is 5.61. The number of hydrogen-bond donors (Lipinski definition) is 2. The Morgan fingerprint density at radius 3 is 2.88 bits per heavy atom. The number of carbonyl (C=O) groups excluding carboxylic acids is 2. The van der Waals surface area contributed by atoms with Crippen LogP contribution in [0, 0.1) is 0 Å². The molecule has 2 N–H and O–H groups in total. The number of nitrogens with one attached hydrogen (secondary N) is 2. The van der Waals surface area contributed by atoms with Crippen molar-refractivity contribution in [1.29, 1.82) is 0 Å². The van der Waals surface area contributed by atoms with Crippen molar-refractivity contribution in [3.8, 4) is 23.0 Å². The lowest BCUT2D eigenvalue weighted by molar-refractivity contribution is -0.127. The van der Waals surface area contributed by atoms with Crippen molar-refractivity contribution < 1.29 is 23.5 Å². The molecule has 2 amide bonds. The first-order valence-corrected chi connectivity index (χ1v) is 8.98. The van der Waals surface area contributed by atoms with Gasteiger partial charge < -0.3 is 24.5 Å². The molecule has 1 aromatic carbocycles. The molecule has 0 aliphatic carbocycles. The maximum atomic E-state index is 11.9. The highest BCUT2D eigenvalue weighted by Gasteiger charge is 2.18. The maximum absolute atomic E-state index is 11.9. The summed E-state index contributed by atoms with van der Waals surface area (Å²) in [5, 5.41) is 13.4. The average molecular weight is 378 g/mol. The molecule has 0 fully saturated rings. The Balaban J connectivity index is 1.54. The summed E-state index contributed by atoms with van der Waals surface area (Å²) in [6, 6.07) is 4.71. The largest absolute Gasteiger partial charge is 0.454 e. The van der Waals surface area contributed by atoms with Crippen molar-refractivity contribution in [2.75, 3.05) is 19.1 Å².